The van der Waals surface area contributed by atoms with E-state index in [2.05, 4.69) is 13.8 Å². The fraction of sp³-hybridized carbons (Fsp3) is 0.360. The van der Waals surface area contributed by atoms with Crippen molar-refractivity contribution < 1.29 is 70.8 Å². The maximum absolute atomic E-state index is 6.34. The summed E-state index contributed by atoms with van der Waals surface area (Å²) in [5.74, 6) is 4.61. The fourth-order valence-electron chi connectivity index (χ4n) is 8.29. The van der Waals surface area contributed by atoms with E-state index in [1.807, 2.05) is 121 Å². The fourth-order valence-corrected chi connectivity index (χ4v) is 16.3. The third-order valence-corrected chi connectivity index (χ3v) is 22.8. The Balaban J connectivity index is 0.000000257. The first kappa shape index (κ1) is 88.1. The Bertz CT molecular complexity index is 3320. The number of anilines is 5. The minimum Gasteiger partial charge on any atom is -0.471 e. The highest BCUT2D eigenvalue weighted by Gasteiger charge is 2.59. The number of benzene rings is 8. The lowest BCUT2D eigenvalue weighted by molar-refractivity contribution is -0.0338. The Morgan fingerprint density at radius 1 is 0.283 bits per heavy atom. The zero-order chi connectivity index (χ0) is 77.6. The quantitative estimate of drug-likeness (QED) is 0.0125. The van der Waals surface area contributed by atoms with Gasteiger partial charge in [0, 0.05) is 79.4 Å². The molecule has 0 saturated heterocycles. The molecular formula is C75H113N11O16Si4. The molecule has 0 aromatic heterocycles. The van der Waals surface area contributed by atoms with Crippen molar-refractivity contribution in [1.82, 2.24) is 0 Å². The van der Waals surface area contributed by atoms with Crippen LogP contribution in [0.3, 0.4) is 0 Å². The zero-order valence-corrected chi connectivity index (χ0v) is 66.7. The van der Waals surface area contributed by atoms with Gasteiger partial charge in [-0.25, -0.2) is 0 Å². The lowest BCUT2D eigenvalue weighted by Crippen LogP contribution is -2.60. The Morgan fingerprint density at radius 2 is 0.500 bits per heavy atom. The molecule has 31 heteroatoms. The van der Waals surface area contributed by atoms with Crippen molar-refractivity contribution in [2.24, 2.45) is 40.3 Å². The van der Waals surface area contributed by atoms with Crippen LogP contribution < -0.4 is 98.5 Å². The van der Waals surface area contributed by atoms with Gasteiger partial charge in [0.25, 0.3) is 0 Å². The number of rotatable bonds is 41. The lowest BCUT2D eigenvalue weighted by atomic mass is 10.1. The van der Waals surface area contributed by atoms with Crippen LogP contribution in [0.15, 0.2) is 194 Å². The molecule has 8 rings (SSSR count). The standard InChI is InChI=1S/C25H25N3O4Si.C19H29N3O4Si.C17H25N3O4Si.C14H34N2O4Si/c1-18-2-10-22(11-3-18)29-33(30-23-12-4-19(26)5-13-23,31-24-14-6-20(27)7-15-24)32-25-16-8-21(28)9-17-25;1-14-4-8-18(9-5-14)25-27(23-12-15(2)20,24-13-16(3)21)26-19-10-6-17(22)7-11-19;1-14-2-6-16(7-3-14)23-25(21-12-10-18,22-13-11-19)24-17-8-4-15(20)5-9-17;1-6-12(4)9-18-21(17-5,19-10-13(15)7-2)20-11-14(16)8-3/h2-17H,26-28H2,1H3;4-11,15-16H,12-13,20-22H2,1-3H3;2-9H,10-13,18-20H2,1H3;12-14H,6-11,15-16H2,1-5H3. The molecule has 27 nitrogen and oxygen atoms in total. The summed E-state index contributed by atoms with van der Waals surface area (Å²) >= 11 is 0. The van der Waals surface area contributed by atoms with Crippen molar-refractivity contribution >= 4 is 64.6 Å². The maximum atomic E-state index is 6.34. The molecule has 0 aliphatic rings. The second-order valence-corrected chi connectivity index (χ2v) is 33.0. The number of aryl methyl sites for hydroxylation is 3. The van der Waals surface area contributed by atoms with Gasteiger partial charge in [-0.15, -0.1) is 0 Å². The molecule has 8 aromatic rings. The lowest BCUT2D eigenvalue weighted by Gasteiger charge is -2.29. The maximum Gasteiger partial charge on any atom is 0.966 e. The molecule has 8 aromatic carbocycles. The van der Waals surface area contributed by atoms with Crippen LogP contribution in [-0.4, -0.2) is 127 Å². The smallest absolute Gasteiger partial charge is 0.471 e. The van der Waals surface area contributed by atoms with Gasteiger partial charge in [0.15, 0.2) is 0 Å². The first-order valence-electron chi connectivity index (χ1n) is 35.1. The molecule has 0 fully saturated rings. The summed E-state index contributed by atoms with van der Waals surface area (Å²) in [6, 6.07) is 56.7. The largest absolute Gasteiger partial charge is 0.966 e. The van der Waals surface area contributed by atoms with E-state index in [9.17, 15) is 0 Å². The number of hydrogen-bond acceptors (Lipinski definition) is 27. The molecule has 0 aliphatic carbocycles. The van der Waals surface area contributed by atoms with Gasteiger partial charge in [-0.3, -0.25) is 0 Å². The molecular weight excluding hydrogens is 1420 g/mol. The molecule has 22 N–H and O–H groups in total. The monoisotopic (exact) mass is 1540 g/mol. The average Bonchev–Trinajstić information content (AvgIpc) is 0.809. The van der Waals surface area contributed by atoms with E-state index in [4.69, 9.17) is 134 Å². The van der Waals surface area contributed by atoms with Gasteiger partial charge in [0.2, 0.25) is 0 Å². The van der Waals surface area contributed by atoms with Crippen LogP contribution in [0.5, 0.6) is 46.0 Å². The van der Waals surface area contributed by atoms with E-state index < -0.39 is 36.2 Å². The molecule has 5 unspecified atom stereocenters. The van der Waals surface area contributed by atoms with Crippen LogP contribution >= 0.6 is 0 Å². The van der Waals surface area contributed by atoms with E-state index in [0.717, 1.165) is 36.0 Å². The molecule has 0 saturated carbocycles. The number of nitrogens with two attached hydrogens (primary N) is 11. The summed E-state index contributed by atoms with van der Waals surface area (Å²) in [5.41, 5.74) is 70.1. The first-order valence-corrected chi connectivity index (χ1v) is 41.6. The Kier molecular flexibility index (Phi) is 38.1. The van der Waals surface area contributed by atoms with Crippen molar-refractivity contribution in [3.05, 3.63) is 211 Å². The molecule has 0 bridgehead atoms. The van der Waals surface area contributed by atoms with Crippen LogP contribution in [-0.2, 0) is 35.4 Å². The Labute approximate surface area is 630 Å². The Morgan fingerprint density at radius 3 is 0.717 bits per heavy atom. The molecule has 106 heavy (non-hydrogen) atoms. The highest BCUT2D eigenvalue weighted by atomic mass is 28.4. The van der Waals surface area contributed by atoms with Gasteiger partial charge in [-0.1, -0.05) is 87.2 Å². The number of hydrogen-bond donors (Lipinski definition) is 11. The van der Waals surface area contributed by atoms with E-state index in [-0.39, 0.29) is 50.6 Å². The van der Waals surface area contributed by atoms with E-state index >= 15 is 0 Å². The molecule has 0 aliphatic heterocycles. The van der Waals surface area contributed by atoms with Crippen molar-refractivity contribution in [3.63, 3.8) is 0 Å². The third kappa shape index (κ3) is 33.1. The second-order valence-electron chi connectivity index (χ2n) is 24.9. The molecule has 0 spiro atoms. The highest BCUT2D eigenvalue weighted by molar-refractivity contribution is 6.57. The van der Waals surface area contributed by atoms with Gasteiger partial charge in [-0.2, -0.15) is 0 Å². The van der Waals surface area contributed by atoms with Gasteiger partial charge in [0.1, 0.15) is 46.0 Å². The minimum atomic E-state index is -3.95. The normalized spacial score (nSPS) is 13.8. The van der Waals surface area contributed by atoms with Crippen LogP contribution in [0.2, 0.25) is 0 Å². The molecule has 0 radical (unpaired) electrons. The topological polar surface area (TPSA) is 434 Å². The summed E-state index contributed by atoms with van der Waals surface area (Å²) in [7, 11) is -12.8. The van der Waals surface area contributed by atoms with Gasteiger partial charge in [0.05, 0.1) is 39.6 Å². The van der Waals surface area contributed by atoms with Crippen LogP contribution in [0.4, 0.5) is 28.4 Å². The van der Waals surface area contributed by atoms with Gasteiger partial charge in [-0.05, 0) is 211 Å². The van der Waals surface area contributed by atoms with E-state index in [1.54, 1.807) is 128 Å². The predicted molar refractivity (Wildman–Crippen MR) is 426 cm³/mol. The van der Waals surface area contributed by atoms with Crippen molar-refractivity contribution in [1.29, 1.82) is 0 Å². The van der Waals surface area contributed by atoms with Crippen LogP contribution in [0.1, 0.15) is 77.5 Å². The van der Waals surface area contributed by atoms with Gasteiger partial charge < -0.3 is 134 Å². The summed E-state index contributed by atoms with van der Waals surface area (Å²) in [4.78, 5) is 0. The second kappa shape index (κ2) is 45.9. The first-order chi connectivity index (χ1) is 50.7. The van der Waals surface area contributed by atoms with Crippen molar-refractivity contribution in [2.75, 3.05) is 95.1 Å². The van der Waals surface area contributed by atoms with Crippen LogP contribution in [0, 0.1) is 26.7 Å². The minimum absolute atomic E-state index is 0.0531. The number of nitrogen functional groups attached to an aromatic ring is 5. The average molecular weight is 1540 g/mol. The highest BCUT2D eigenvalue weighted by Crippen LogP contribution is 2.31. The van der Waals surface area contributed by atoms with E-state index in [1.165, 1.54) is 0 Å². The summed E-state index contributed by atoms with van der Waals surface area (Å²) in [6.45, 7) is 20.7. The summed E-state index contributed by atoms with van der Waals surface area (Å²) in [6.07, 6.45) is 2.68. The summed E-state index contributed by atoms with van der Waals surface area (Å²) < 4.78 is 96.1. The van der Waals surface area contributed by atoms with Gasteiger partial charge >= 0.3 is 36.2 Å². The third-order valence-electron chi connectivity index (χ3n) is 14.7. The molecule has 580 valence electrons. The molecule has 5 atom stereocenters. The SMILES string of the molecule is CCC(C)CO[Si](OC)(OCC(N)CC)OCC(N)CC.Cc1ccc(O[Si](OCC(C)N)(OCC(C)N)Oc2ccc(N)cc2)cc1.Cc1ccc(O[Si](OCCN)(OCCN)Oc2ccc(N)cc2)cc1.Cc1ccc(O[Si](Oc2ccc(N)cc2)(Oc2ccc(N)cc2)Oc2ccc(N)cc2)cc1. The van der Waals surface area contributed by atoms with E-state index in [0.29, 0.717) is 113 Å². The van der Waals surface area contributed by atoms with Crippen LogP contribution in [0.25, 0.3) is 0 Å². The molecule has 0 heterocycles. The predicted octanol–water partition coefficient (Wildman–Crippen LogP) is 10.1. The summed E-state index contributed by atoms with van der Waals surface area (Å²) in [5, 5.41) is 0. The molecule has 0 amide bonds. The Hall–Kier alpha value is -8.53. The zero-order valence-electron chi connectivity index (χ0n) is 62.7. The van der Waals surface area contributed by atoms with Crippen molar-refractivity contribution in [3.8, 4) is 46.0 Å². The van der Waals surface area contributed by atoms with Crippen molar-refractivity contribution in [2.45, 2.75) is 106 Å².